The first-order chi connectivity index (χ1) is 10.0. The fourth-order valence-electron chi connectivity index (χ4n) is 2.78. The van der Waals surface area contributed by atoms with E-state index in [1.165, 1.54) is 24.6 Å². The van der Waals surface area contributed by atoms with Crippen LogP contribution in [0.1, 0.15) is 49.4 Å². The normalized spacial score (nSPS) is 21.8. The predicted octanol–water partition coefficient (Wildman–Crippen LogP) is 4.37. The van der Waals surface area contributed by atoms with Gasteiger partial charge in [0.1, 0.15) is 11.1 Å². The molecule has 0 aliphatic heterocycles. The fourth-order valence-corrected chi connectivity index (χ4v) is 2.97. The third kappa shape index (κ3) is 3.73. The van der Waals surface area contributed by atoms with Crippen LogP contribution in [0.3, 0.4) is 0 Å². The lowest BCUT2D eigenvalue weighted by Gasteiger charge is -2.30. The number of halogens is 1. The van der Waals surface area contributed by atoms with E-state index in [1.807, 2.05) is 0 Å². The zero-order valence-electron chi connectivity index (χ0n) is 11.9. The van der Waals surface area contributed by atoms with Crippen LogP contribution in [0, 0.1) is 16.0 Å². The first-order valence-corrected chi connectivity index (χ1v) is 7.55. The maximum absolute atomic E-state index is 12.2. The first kappa shape index (κ1) is 15.8. The summed E-state index contributed by atoms with van der Waals surface area (Å²) in [5, 5.41) is 10.9. The second kappa shape index (κ2) is 6.89. The number of carbonyl (C=O) groups excluding carboxylic acids is 1. The average Bonchev–Trinajstić information content (AvgIpc) is 2.47. The molecule has 1 aromatic carbocycles. The van der Waals surface area contributed by atoms with Gasteiger partial charge in [0.15, 0.2) is 0 Å². The summed E-state index contributed by atoms with van der Waals surface area (Å²) in [6, 6.07) is 3.99. The molecule has 1 aromatic rings. The summed E-state index contributed by atoms with van der Waals surface area (Å²) in [6.07, 6.45) is 5.02. The van der Waals surface area contributed by atoms with Crippen LogP contribution in [0.2, 0.25) is 5.02 Å². The van der Waals surface area contributed by atoms with E-state index in [-0.39, 0.29) is 22.4 Å². The van der Waals surface area contributed by atoms with E-state index in [9.17, 15) is 14.9 Å². The van der Waals surface area contributed by atoms with Crippen LogP contribution in [0.15, 0.2) is 18.2 Å². The maximum atomic E-state index is 12.2. The van der Waals surface area contributed by atoms with Crippen molar-refractivity contribution in [2.45, 2.75) is 45.1 Å². The van der Waals surface area contributed by atoms with Gasteiger partial charge in [-0.1, -0.05) is 24.9 Å². The highest BCUT2D eigenvalue weighted by molar-refractivity contribution is 6.32. The van der Waals surface area contributed by atoms with E-state index in [2.05, 4.69) is 6.92 Å². The molecule has 0 aromatic heterocycles. The molecule has 1 aliphatic carbocycles. The number of hydrogen-bond donors (Lipinski definition) is 0. The Balaban J connectivity index is 2.13. The molecule has 2 unspecified atom stereocenters. The van der Waals surface area contributed by atoms with Crippen molar-refractivity contribution in [1.82, 2.24) is 0 Å². The van der Waals surface area contributed by atoms with Gasteiger partial charge in [-0.2, -0.15) is 0 Å². The van der Waals surface area contributed by atoms with Crippen LogP contribution in [0.4, 0.5) is 5.69 Å². The van der Waals surface area contributed by atoms with Crippen molar-refractivity contribution >= 4 is 23.3 Å². The van der Waals surface area contributed by atoms with Crippen molar-refractivity contribution in [1.29, 1.82) is 0 Å². The molecule has 0 bridgehead atoms. The second-order valence-corrected chi connectivity index (χ2v) is 5.73. The van der Waals surface area contributed by atoms with Gasteiger partial charge in [0.05, 0.1) is 10.5 Å². The number of nitro groups is 1. The Hall–Kier alpha value is -1.62. The number of esters is 1. The number of nitro benzene ring substituents is 1. The van der Waals surface area contributed by atoms with Crippen LogP contribution >= 0.6 is 11.6 Å². The summed E-state index contributed by atoms with van der Waals surface area (Å²) in [5.74, 6) is -0.134. The minimum absolute atomic E-state index is 0.0145. The van der Waals surface area contributed by atoms with E-state index >= 15 is 0 Å². The molecule has 0 N–H and O–H groups in total. The Morgan fingerprint density at radius 1 is 1.43 bits per heavy atom. The molecule has 0 heterocycles. The van der Waals surface area contributed by atoms with Gasteiger partial charge < -0.3 is 4.74 Å². The standard InChI is InChI=1S/C15H18ClNO4/c1-2-10-5-3-4-6-14(10)21-15(18)11-7-8-12(16)13(9-11)17(19)20/h7-10,14H,2-6H2,1H3. The van der Waals surface area contributed by atoms with Crippen molar-refractivity contribution in [3.63, 3.8) is 0 Å². The van der Waals surface area contributed by atoms with E-state index in [0.717, 1.165) is 25.7 Å². The van der Waals surface area contributed by atoms with Gasteiger partial charge in [-0.15, -0.1) is 0 Å². The van der Waals surface area contributed by atoms with E-state index in [1.54, 1.807) is 0 Å². The molecular weight excluding hydrogens is 294 g/mol. The number of rotatable bonds is 4. The number of benzene rings is 1. The topological polar surface area (TPSA) is 69.4 Å². The first-order valence-electron chi connectivity index (χ1n) is 7.17. The zero-order chi connectivity index (χ0) is 15.4. The van der Waals surface area contributed by atoms with Gasteiger partial charge >= 0.3 is 5.97 Å². The molecule has 2 atom stereocenters. The molecule has 0 amide bonds. The Bertz CT molecular complexity index is 546. The summed E-state index contributed by atoms with van der Waals surface area (Å²) < 4.78 is 5.55. The van der Waals surface area contributed by atoms with E-state index in [4.69, 9.17) is 16.3 Å². The van der Waals surface area contributed by atoms with E-state index < -0.39 is 10.9 Å². The minimum Gasteiger partial charge on any atom is -0.458 e. The largest absolute Gasteiger partial charge is 0.458 e. The van der Waals surface area contributed by atoms with Crippen LogP contribution < -0.4 is 0 Å². The van der Waals surface area contributed by atoms with Crippen LogP contribution in [-0.4, -0.2) is 17.0 Å². The number of carbonyl (C=O) groups is 1. The smallest absolute Gasteiger partial charge is 0.338 e. The Morgan fingerprint density at radius 2 is 2.14 bits per heavy atom. The highest BCUT2D eigenvalue weighted by Gasteiger charge is 2.28. The molecular formula is C15H18ClNO4. The Morgan fingerprint density at radius 3 is 2.81 bits per heavy atom. The highest BCUT2D eigenvalue weighted by atomic mass is 35.5. The lowest BCUT2D eigenvalue weighted by molar-refractivity contribution is -0.384. The lowest BCUT2D eigenvalue weighted by Crippen LogP contribution is -2.29. The number of ether oxygens (including phenoxy) is 1. The highest BCUT2D eigenvalue weighted by Crippen LogP contribution is 2.31. The molecule has 1 aliphatic rings. The zero-order valence-corrected chi connectivity index (χ0v) is 12.6. The van der Waals surface area contributed by atoms with Crippen molar-refractivity contribution in [3.05, 3.63) is 38.9 Å². The average molecular weight is 312 g/mol. The molecule has 0 spiro atoms. The van der Waals surface area contributed by atoms with Gasteiger partial charge in [0, 0.05) is 6.07 Å². The molecule has 0 saturated heterocycles. The Kier molecular flexibility index (Phi) is 5.17. The van der Waals surface area contributed by atoms with E-state index in [0.29, 0.717) is 5.92 Å². The quantitative estimate of drug-likeness (QED) is 0.470. The summed E-state index contributed by atoms with van der Waals surface area (Å²) in [6.45, 7) is 2.09. The van der Waals surface area contributed by atoms with Crippen LogP contribution in [-0.2, 0) is 4.74 Å². The van der Waals surface area contributed by atoms with Gasteiger partial charge in [-0.05, 0) is 43.7 Å². The Labute approximate surface area is 128 Å². The van der Waals surface area contributed by atoms with Crippen LogP contribution in [0.25, 0.3) is 0 Å². The SMILES string of the molecule is CCC1CCCCC1OC(=O)c1ccc(Cl)c([N+](=O)[O-])c1. The van der Waals surface area contributed by atoms with Crippen molar-refractivity contribution in [2.75, 3.05) is 0 Å². The summed E-state index contributed by atoms with van der Waals surface area (Å²) in [7, 11) is 0. The molecule has 21 heavy (non-hydrogen) atoms. The minimum atomic E-state index is -0.603. The molecule has 1 saturated carbocycles. The lowest BCUT2D eigenvalue weighted by atomic mass is 9.85. The molecule has 6 heteroatoms. The second-order valence-electron chi connectivity index (χ2n) is 5.32. The van der Waals surface area contributed by atoms with Crippen molar-refractivity contribution < 1.29 is 14.5 Å². The van der Waals surface area contributed by atoms with Gasteiger partial charge in [0.25, 0.3) is 5.69 Å². The molecule has 114 valence electrons. The molecule has 5 nitrogen and oxygen atoms in total. The number of nitrogens with zero attached hydrogens (tertiary/aromatic N) is 1. The van der Waals surface area contributed by atoms with Gasteiger partial charge in [0.2, 0.25) is 0 Å². The van der Waals surface area contributed by atoms with Crippen molar-refractivity contribution in [2.24, 2.45) is 5.92 Å². The molecule has 2 rings (SSSR count). The van der Waals surface area contributed by atoms with Crippen LogP contribution in [0.5, 0.6) is 0 Å². The monoisotopic (exact) mass is 311 g/mol. The number of hydrogen-bond acceptors (Lipinski definition) is 4. The van der Waals surface area contributed by atoms with Crippen molar-refractivity contribution in [3.8, 4) is 0 Å². The fraction of sp³-hybridized carbons (Fsp3) is 0.533. The van der Waals surface area contributed by atoms with Gasteiger partial charge in [-0.25, -0.2) is 4.79 Å². The molecule has 0 radical (unpaired) electrons. The summed E-state index contributed by atoms with van der Waals surface area (Å²) in [4.78, 5) is 22.4. The predicted molar refractivity (Wildman–Crippen MR) is 79.6 cm³/mol. The maximum Gasteiger partial charge on any atom is 0.338 e. The summed E-state index contributed by atoms with van der Waals surface area (Å²) >= 11 is 5.74. The third-order valence-corrected chi connectivity index (χ3v) is 4.32. The molecule has 1 fully saturated rings. The van der Waals surface area contributed by atoms with Gasteiger partial charge in [-0.3, -0.25) is 10.1 Å². The third-order valence-electron chi connectivity index (χ3n) is 4.00. The summed E-state index contributed by atoms with van der Waals surface area (Å²) in [5.41, 5.74) is -0.103.